The SMILES string of the molecule is N#Cc1cc(F)ccc1NCCNC1CC1. The molecule has 16 heavy (non-hydrogen) atoms. The molecule has 0 saturated heterocycles. The number of benzene rings is 1. The van der Waals surface area contributed by atoms with E-state index in [-0.39, 0.29) is 5.82 Å². The van der Waals surface area contributed by atoms with E-state index in [9.17, 15) is 4.39 Å². The summed E-state index contributed by atoms with van der Waals surface area (Å²) in [5.74, 6) is -0.377. The largest absolute Gasteiger partial charge is 0.383 e. The molecule has 0 radical (unpaired) electrons. The first-order valence-corrected chi connectivity index (χ1v) is 5.46. The van der Waals surface area contributed by atoms with Crippen molar-refractivity contribution in [1.82, 2.24) is 5.32 Å². The third-order valence-corrected chi connectivity index (χ3v) is 2.55. The van der Waals surface area contributed by atoms with Crippen LogP contribution < -0.4 is 10.6 Å². The van der Waals surface area contributed by atoms with Crippen LogP contribution in [0.5, 0.6) is 0 Å². The highest BCUT2D eigenvalue weighted by molar-refractivity contribution is 5.57. The molecule has 3 nitrogen and oxygen atoms in total. The van der Waals surface area contributed by atoms with Gasteiger partial charge in [-0.2, -0.15) is 5.26 Å². The summed E-state index contributed by atoms with van der Waals surface area (Å²) in [6.45, 7) is 1.61. The van der Waals surface area contributed by atoms with Gasteiger partial charge in [0.05, 0.1) is 11.3 Å². The number of anilines is 1. The quantitative estimate of drug-likeness (QED) is 0.743. The van der Waals surface area contributed by atoms with E-state index in [4.69, 9.17) is 5.26 Å². The molecule has 84 valence electrons. The van der Waals surface area contributed by atoms with Crippen molar-refractivity contribution >= 4 is 5.69 Å². The standard InChI is InChI=1S/C12H14FN3/c13-10-1-4-12(9(7-10)8-14)16-6-5-15-11-2-3-11/h1,4,7,11,15-16H,2-3,5-6H2. The van der Waals surface area contributed by atoms with Gasteiger partial charge in [-0.15, -0.1) is 0 Å². The first kappa shape index (κ1) is 10.9. The van der Waals surface area contributed by atoms with Crippen LogP contribution in [0.3, 0.4) is 0 Å². The van der Waals surface area contributed by atoms with Crippen LogP contribution in [0.15, 0.2) is 18.2 Å². The van der Waals surface area contributed by atoms with Gasteiger partial charge in [0.25, 0.3) is 0 Å². The fourth-order valence-electron chi connectivity index (χ4n) is 1.52. The Labute approximate surface area is 94.3 Å². The van der Waals surface area contributed by atoms with E-state index in [1.807, 2.05) is 6.07 Å². The smallest absolute Gasteiger partial charge is 0.124 e. The number of rotatable bonds is 5. The highest BCUT2D eigenvalue weighted by Crippen LogP contribution is 2.18. The summed E-state index contributed by atoms with van der Waals surface area (Å²) in [4.78, 5) is 0. The predicted octanol–water partition coefficient (Wildman–Crippen LogP) is 1.86. The fraction of sp³-hybridized carbons (Fsp3) is 0.417. The summed E-state index contributed by atoms with van der Waals surface area (Å²) in [5, 5.41) is 15.3. The van der Waals surface area contributed by atoms with Crippen molar-refractivity contribution in [2.24, 2.45) is 0 Å². The maximum Gasteiger partial charge on any atom is 0.124 e. The molecular weight excluding hydrogens is 205 g/mol. The minimum Gasteiger partial charge on any atom is -0.383 e. The van der Waals surface area contributed by atoms with Gasteiger partial charge in [-0.3, -0.25) is 0 Å². The molecule has 0 atom stereocenters. The van der Waals surface area contributed by atoms with E-state index in [0.29, 0.717) is 17.3 Å². The van der Waals surface area contributed by atoms with Gasteiger partial charge in [0, 0.05) is 19.1 Å². The third-order valence-electron chi connectivity index (χ3n) is 2.55. The summed E-state index contributed by atoms with van der Waals surface area (Å²) >= 11 is 0. The molecule has 1 aromatic rings. The lowest BCUT2D eigenvalue weighted by Gasteiger charge is -2.08. The summed E-state index contributed by atoms with van der Waals surface area (Å²) in [6, 6.07) is 6.87. The molecule has 1 aliphatic carbocycles. The lowest BCUT2D eigenvalue weighted by atomic mass is 10.2. The minimum absolute atomic E-state index is 0.353. The normalized spacial score (nSPS) is 14.5. The molecule has 4 heteroatoms. The highest BCUT2D eigenvalue weighted by atomic mass is 19.1. The average molecular weight is 219 g/mol. The zero-order valence-corrected chi connectivity index (χ0v) is 8.96. The summed E-state index contributed by atoms with van der Waals surface area (Å²) in [6.07, 6.45) is 2.53. The highest BCUT2D eigenvalue weighted by Gasteiger charge is 2.19. The van der Waals surface area contributed by atoms with Gasteiger partial charge in [-0.05, 0) is 31.0 Å². The maximum absolute atomic E-state index is 12.8. The van der Waals surface area contributed by atoms with Crippen molar-refractivity contribution < 1.29 is 4.39 Å². The lowest BCUT2D eigenvalue weighted by Crippen LogP contribution is -2.24. The van der Waals surface area contributed by atoms with Crippen LogP contribution >= 0.6 is 0 Å². The molecule has 0 amide bonds. The first-order valence-electron chi connectivity index (χ1n) is 5.46. The maximum atomic E-state index is 12.8. The van der Waals surface area contributed by atoms with Crippen molar-refractivity contribution in [2.45, 2.75) is 18.9 Å². The number of nitrogens with zero attached hydrogens (tertiary/aromatic N) is 1. The molecular formula is C12H14FN3. The third kappa shape index (κ3) is 2.94. The van der Waals surface area contributed by atoms with E-state index in [0.717, 1.165) is 13.1 Å². The number of hydrogen-bond acceptors (Lipinski definition) is 3. The molecule has 1 aromatic carbocycles. The van der Waals surface area contributed by atoms with Gasteiger partial charge in [0.2, 0.25) is 0 Å². The number of halogens is 1. The van der Waals surface area contributed by atoms with Crippen LogP contribution in [-0.2, 0) is 0 Å². The minimum atomic E-state index is -0.377. The Morgan fingerprint density at radius 2 is 2.19 bits per heavy atom. The zero-order valence-electron chi connectivity index (χ0n) is 8.96. The van der Waals surface area contributed by atoms with Gasteiger partial charge in [-0.1, -0.05) is 0 Å². The Kier molecular flexibility index (Phi) is 3.37. The molecule has 0 aromatic heterocycles. The van der Waals surface area contributed by atoms with Crippen LogP contribution in [0.1, 0.15) is 18.4 Å². The van der Waals surface area contributed by atoms with Crippen LogP contribution in [0.2, 0.25) is 0 Å². The van der Waals surface area contributed by atoms with Crippen molar-refractivity contribution in [1.29, 1.82) is 5.26 Å². The van der Waals surface area contributed by atoms with Crippen molar-refractivity contribution in [2.75, 3.05) is 18.4 Å². The monoisotopic (exact) mass is 219 g/mol. The van der Waals surface area contributed by atoms with E-state index in [1.165, 1.54) is 25.0 Å². The molecule has 0 aliphatic heterocycles. The zero-order chi connectivity index (χ0) is 11.4. The fourth-order valence-corrected chi connectivity index (χ4v) is 1.52. The number of nitrogens with one attached hydrogen (secondary N) is 2. The number of nitriles is 1. The predicted molar refractivity (Wildman–Crippen MR) is 60.6 cm³/mol. The van der Waals surface area contributed by atoms with Crippen molar-refractivity contribution in [3.8, 4) is 6.07 Å². The van der Waals surface area contributed by atoms with Gasteiger partial charge >= 0.3 is 0 Å². The first-order chi connectivity index (χ1) is 7.79. The summed E-state index contributed by atoms with van der Waals surface area (Å²) in [5.41, 5.74) is 1.05. The molecule has 1 fully saturated rings. The van der Waals surface area contributed by atoms with E-state index in [1.54, 1.807) is 6.07 Å². The Balaban J connectivity index is 1.85. The van der Waals surface area contributed by atoms with Crippen LogP contribution in [0, 0.1) is 17.1 Å². The summed E-state index contributed by atoms with van der Waals surface area (Å²) in [7, 11) is 0. The van der Waals surface area contributed by atoms with Crippen molar-refractivity contribution in [3.63, 3.8) is 0 Å². The molecule has 2 N–H and O–H groups in total. The molecule has 0 unspecified atom stereocenters. The second-order valence-corrected chi connectivity index (χ2v) is 3.96. The van der Waals surface area contributed by atoms with Gasteiger partial charge in [0.15, 0.2) is 0 Å². The molecule has 0 spiro atoms. The Hall–Kier alpha value is -1.60. The Morgan fingerprint density at radius 3 is 2.88 bits per heavy atom. The summed E-state index contributed by atoms with van der Waals surface area (Å²) < 4.78 is 12.8. The van der Waals surface area contributed by atoms with Crippen LogP contribution in [-0.4, -0.2) is 19.1 Å². The topological polar surface area (TPSA) is 47.9 Å². The van der Waals surface area contributed by atoms with E-state index < -0.39 is 0 Å². The van der Waals surface area contributed by atoms with Crippen molar-refractivity contribution in [3.05, 3.63) is 29.6 Å². The molecule has 0 bridgehead atoms. The molecule has 1 saturated carbocycles. The second-order valence-electron chi connectivity index (χ2n) is 3.96. The molecule has 1 aliphatic rings. The average Bonchev–Trinajstić information content (AvgIpc) is 3.09. The Morgan fingerprint density at radius 1 is 1.38 bits per heavy atom. The molecule has 0 heterocycles. The lowest BCUT2D eigenvalue weighted by molar-refractivity contribution is 0.627. The van der Waals surface area contributed by atoms with Gasteiger partial charge in [0.1, 0.15) is 11.9 Å². The van der Waals surface area contributed by atoms with E-state index >= 15 is 0 Å². The second kappa shape index (κ2) is 4.95. The van der Waals surface area contributed by atoms with E-state index in [2.05, 4.69) is 10.6 Å². The van der Waals surface area contributed by atoms with Crippen LogP contribution in [0.4, 0.5) is 10.1 Å². The van der Waals surface area contributed by atoms with Crippen LogP contribution in [0.25, 0.3) is 0 Å². The van der Waals surface area contributed by atoms with Gasteiger partial charge in [-0.25, -0.2) is 4.39 Å². The number of hydrogen-bond donors (Lipinski definition) is 2. The molecule has 2 rings (SSSR count). The van der Waals surface area contributed by atoms with Gasteiger partial charge < -0.3 is 10.6 Å². The Bertz CT molecular complexity index is 407.